The van der Waals surface area contributed by atoms with Crippen LogP contribution in [0.5, 0.6) is 5.75 Å². The first-order chi connectivity index (χ1) is 10.9. The van der Waals surface area contributed by atoms with Gasteiger partial charge in [-0.05, 0) is 36.8 Å². The maximum atomic E-state index is 12.0. The molecule has 1 aromatic carbocycles. The molecule has 0 radical (unpaired) electrons. The number of nitrogens with one attached hydrogen (secondary N) is 1. The number of carbonyl (C=O) groups is 2. The molecule has 1 fully saturated rings. The van der Waals surface area contributed by atoms with Crippen molar-refractivity contribution in [2.45, 2.75) is 46.1 Å². The summed E-state index contributed by atoms with van der Waals surface area (Å²) in [6.07, 6.45) is 3.26. The molecule has 0 aliphatic heterocycles. The van der Waals surface area contributed by atoms with Crippen LogP contribution in [0.1, 0.15) is 49.0 Å². The van der Waals surface area contributed by atoms with E-state index < -0.39 is 5.97 Å². The second-order valence-corrected chi connectivity index (χ2v) is 6.49. The second kappa shape index (κ2) is 7.49. The smallest absolute Gasteiger partial charge is 0.342 e. The average molecular weight is 319 g/mol. The first kappa shape index (κ1) is 17.3. The molecule has 2 N–H and O–H groups in total. The van der Waals surface area contributed by atoms with Gasteiger partial charge in [-0.2, -0.15) is 0 Å². The quantitative estimate of drug-likeness (QED) is 0.837. The normalized spacial score (nSPS) is 24.0. The van der Waals surface area contributed by atoms with Gasteiger partial charge in [0.1, 0.15) is 11.3 Å². The number of para-hydroxylation sites is 1. The Bertz CT molecular complexity index is 584. The molecule has 0 aromatic heterocycles. The van der Waals surface area contributed by atoms with Crippen molar-refractivity contribution < 1.29 is 19.4 Å². The van der Waals surface area contributed by atoms with E-state index in [0.717, 1.165) is 12.8 Å². The molecule has 0 spiro atoms. The Hall–Kier alpha value is -2.04. The zero-order chi connectivity index (χ0) is 17.0. The first-order valence-corrected chi connectivity index (χ1v) is 8.15. The number of carbonyl (C=O) groups excluding carboxylic acids is 2. The average Bonchev–Trinajstić information content (AvgIpc) is 2.52. The van der Waals surface area contributed by atoms with Crippen molar-refractivity contribution in [2.75, 3.05) is 6.61 Å². The summed E-state index contributed by atoms with van der Waals surface area (Å²) in [6.45, 7) is 5.71. The van der Waals surface area contributed by atoms with E-state index in [1.807, 2.05) is 0 Å². The van der Waals surface area contributed by atoms with E-state index >= 15 is 0 Å². The van der Waals surface area contributed by atoms with Crippen LogP contribution in [0.15, 0.2) is 18.2 Å². The highest BCUT2D eigenvalue weighted by atomic mass is 16.5. The number of benzene rings is 1. The molecule has 1 aliphatic rings. The van der Waals surface area contributed by atoms with Crippen LogP contribution in [-0.4, -0.2) is 29.6 Å². The highest BCUT2D eigenvalue weighted by Gasteiger charge is 2.28. The maximum Gasteiger partial charge on any atom is 0.342 e. The van der Waals surface area contributed by atoms with Gasteiger partial charge in [-0.25, -0.2) is 4.79 Å². The number of aryl methyl sites for hydroxylation is 1. The molecule has 1 saturated carbocycles. The molecule has 23 heavy (non-hydrogen) atoms. The van der Waals surface area contributed by atoms with Crippen LogP contribution < -0.4 is 5.32 Å². The summed E-state index contributed by atoms with van der Waals surface area (Å²) in [4.78, 5) is 24.0. The molecule has 1 aromatic rings. The van der Waals surface area contributed by atoms with E-state index in [9.17, 15) is 14.7 Å². The fraction of sp³-hybridized carbons (Fsp3) is 0.556. The predicted molar refractivity (Wildman–Crippen MR) is 87.2 cm³/mol. The maximum absolute atomic E-state index is 12.0. The largest absolute Gasteiger partial charge is 0.507 e. The molecule has 5 heteroatoms. The van der Waals surface area contributed by atoms with E-state index in [0.29, 0.717) is 17.4 Å². The van der Waals surface area contributed by atoms with E-state index in [1.165, 1.54) is 12.5 Å². The summed E-state index contributed by atoms with van der Waals surface area (Å²) < 4.78 is 5.02. The Kier molecular flexibility index (Phi) is 5.64. The topological polar surface area (TPSA) is 75.6 Å². The fourth-order valence-corrected chi connectivity index (χ4v) is 3.07. The van der Waals surface area contributed by atoms with Gasteiger partial charge in [-0.3, -0.25) is 4.79 Å². The number of phenols is 1. The summed E-state index contributed by atoms with van der Waals surface area (Å²) >= 11 is 0. The van der Waals surface area contributed by atoms with Gasteiger partial charge in [0.05, 0.1) is 0 Å². The van der Waals surface area contributed by atoms with Gasteiger partial charge in [0.15, 0.2) is 6.61 Å². The van der Waals surface area contributed by atoms with Crippen LogP contribution in [0, 0.1) is 18.8 Å². The summed E-state index contributed by atoms with van der Waals surface area (Å²) in [5, 5.41) is 12.8. The number of hydrogen-bond acceptors (Lipinski definition) is 4. The SMILES string of the molecule is Cc1cccc(C(=O)OCC(=O)NC2CCCC(C)C2C)c1O. The molecule has 0 heterocycles. The monoisotopic (exact) mass is 319 g/mol. The lowest BCUT2D eigenvalue weighted by atomic mass is 9.78. The van der Waals surface area contributed by atoms with Gasteiger partial charge in [-0.15, -0.1) is 0 Å². The molecular formula is C18H25NO4. The lowest BCUT2D eigenvalue weighted by Gasteiger charge is -2.34. The summed E-state index contributed by atoms with van der Waals surface area (Å²) in [5.41, 5.74) is 0.673. The summed E-state index contributed by atoms with van der Waals surface area (Å²) in [6, 6.07) is 4.98. The Morgan fingerprint density at radius 2 is 2.04 bits per heavy atom. The zero-order valence-electron chi connectivity index (χ0n) is 14.0. The van der Waals surface area contributed by atoms with Gasteiger partial charge in [0.2, 0.25) is 0 Å². The molecule has 0 saturated heterocycles. The molecule has 3 atom stereocenters. The van der Waals surface area contributed by atoms with Crippen LogP contribution in [0.4, 0.5) is 0 Å². The molecule has 2 rings (SSSR count). The van der Waals surface area contributed by atoms with Crippen molar-refractivity contribution in [3.05, 3.63) is 29.3 Å². The van der Waals surface area contributed by atoms with Crippen LogP contribution >= 0.6 is 0 Å². The number of esters is 1. The lowest BCUT2D eigenvalue weighted by Crippen LogP contribution is -2.45. The number of phenolic OH excluding ortho intramolecular Hbond substituents is 1. The van der Waals surface area contributed by atoms with Crippen molar-refractivity contribution >= 4 is 11.9 Å². The minimum atomic E-state index is -0.689. The van der Waals surface area contributed by atoms with E-state index in [1.54, 1.807) is 19.1 Å². The molecule has 126 valence electrons. The van der Waals surface area contributed by atoms with Crippen molar-refractivity contribution in [3.63, 3.8) is 0 Å². The van der Waals surface area contributed by atoms with E-state index in [-0.39, 0.29) is 29.9 Å². The van der Waals surface area contributed by atoms with Crippen LogP contribution in [0.25, 0.3) is 0 Å². The van der Waals surface area contributed by atoms with Crippen molar-refractivity contribution in [2.24, 2.45) is 11.8 Å². The minimum Gasteiger partial charge on any atom is -0.507 e. The number of hydrogen-bond donors (Lipinski definition) is 2. The lowest BCUT2D eigenvalue weighted by molar-refractivity contribution is -0.125. The van der Waals surface area contributed by atoms with Crippen molar-refractivity contribution in [1.82, 2.24) is 5.32 Å². The molecule has 1 amide bonds. The van der Waals surface area contributed by atoms with Gasteiger partial charge in [0.25, 0.3) is 5.91 Å². The van der Waals surface area contributed by atoms with Crippen LogP contribution in [-0.2, 0) is 9.53 Å². The number of aromatic hydroxyl groups is 1. The van der Waals surface area contributed by atoms with E-state index in [2.05, 4.69) is 19.2 Å². The Labute approximate surface area is 137 Å². The van der Waals surface area contributed by atoms with Crippen LogP contribution in [0.3, 0.4) is 0 Å². The standard InChI is InChI=1S/C18H25NO4/c1-11-6-5-9-15(13(11)3)19-16(20)10-23-18(22)14-8-4-7-12(2)17(14)21/h4,7-8,11,13,15,21H,5-6,9-10H2,1-3H3,(H,19,20). The number of amides is 1. The third-order valence-corrected chi connectivity index (χ3v) is 4.85. The third kappa shape index (κ3) is 4.24. The van der Waals surface area contributed by atoms with Gasteiger partial charge >= 0.3 is 5.97 Å². The third-order valence-electron chi connectivity index (χ3n) is 4.85. The van der Waals surface area contributed by atoms with Gasteiger partial charge in [0, 0.05) is 6.04 Å². The molecule has 1 aliphatic carbocycles. The van der Waals surface area contributed by atoms with E-state index in [4.69, 9.17) is 4.74 Å². The van der Waals surface area contributed by atoms with Crippen molar-refractivity contribution in [3.8, 4) is 5.75 Å². The minimum absolute atomic E-state index is 0.0810. The number of ether oxygens (including phenoxy) is 1. The highest BCUT2D eigenvalue weighted by Crippen LogP contribution is 2.29. The van der Waals surface area contributed by atoms with Gasteiger partial charge in [-0.1, -0.05) is 38.8 Å². The Morgan fingerprint density at radius 3 is 2.78 bits per heavy atom. The summed E-state index contributed by atoms with van der Waals surface area (Å²) in [5.74, 6) is -0.0828. The zero-order valence-corrected chi connectivity index (χ0v) is 14.0. The Balaban J connectivity index is 1.86. The fourth-order valence-electron chi connectivity index (χ4n) is 3.07. The highest BCUT2D eigenvalue weighted by molar-refractivity contribution is 5.94. The van der Waals surface area contributed by atoms with Crippen molar-refractivity contribution in [1.29, 1.82) is 0 Å². The van der Waals surface area contributed by atoms with Crippen LogP contribution in [0.2, 0.25) is 0 Å². The Morgan fingerprint density at radius 1 is 1.30 bits per heavy atom. The molecule has 5 nitrogen and oxygen atoms in total. The number of rotatable bonds is 4. The van der Waals surface area contributed by atoms with Gasteiger partial charge < -0.3 is 15.2 Å². The summed E-state index contributed by atoms with van der Waals surface area (Å²) in [7, 11) is 0. The molecular weight excluding hydrogens is 294 g/mol. The second-order valence-electron chi connectivity index (χ2n) is 6.49. The molecule has 0 bridgehead atoms. The predicted octanol–water partition coefficient (Wildman–Crippen LogP) is 2.80. The molecule has 3 unspecified atom stereocenters. The first-order valence-electron chi connectivity index (χ1n) is 8.15.